The molecule has 2 aliphatic rings. The van der Waals surface area contributed by atoms with Crippen molar-refractivity contribution in [2.24, 2.45) is 17.8 Å². The lowest BCUT2D eigenvalue weighted by atomic mass is 10.1. The summed E-state index contributed by atoms with van der Waals surface area (Å²) in [5.41, 5.74) is 3.63. The summed E-state index contributed by atoms with van der Waals surface area (Å²) in [4.78, 5) is 27.1. The van der Waals surface area contributed by atoms with Crippen LogP contribution in [-0.4, -0.2) is 31.4 Å². The molecule has 2 fully saturated rings. The fourth-order valence-corrected chi connectivity index (χ4v) is 4.31. The van der Waals surface area contributed by atoms with Crippen LogP contribution in [0.4, 0.5) is 11.4 Å². The monoisotopic (exact) mass is 425 g/mol. The highest BCUT2D eigenvalue weighted by molar-refractivity contribution is 6.30. The zero-order valence-corrected chi connectivity index (χ0v) is 18.2. The van der Waals surface area contributed by atoms with Crippen LogP contribution < -0.4 is 15.5 Å². The second kappa shape index (κ2) is 8.68. The first-order valence-electron chi connectivity index (χ1n) is 10.6. The van der Waals surface area contributed by atoms with E-state index in [1.807, 2.05) is 24.3 Å². The van der Waals surface area contributed by atoms with Gasteiger partial charge in [0, 0.05) is 47.5 Å². The molecule has 1 saturated heterocycles. The normalized spacial score (nSPS) is 22.6. The molecule has 30 heavy (non-hydrogen) atoms. The van der Waals surface area contributed by atoms with E-state index in [1.54, 1.807) is 18.2 Å². The van der Waals surface area contributed by atoms with Gasteiger partial charge in [-0.05, 0) is 67.5 Å². The van der Waals surface area contributed by atoms with Crippen molar-refractivity contribution < 1.29 is 9.59 Å². The fourth-order valence-electron chi connectivity index (χ4n) is 4.14. The van der Waals surface area contributed by atoms with Crippen LogP contribution >= 0.6 is 11.6 Å². The third kappa shape index (κ3) is 4.78. The summed E-state index contributed by atoms with van der Waals surface area (Å²) in [5.74, 6) is 0.895. The van der Waals surface area contributed by atoms with E-state index < -0.39 is 0 Å². The molecule has 158 valence electrons. The summed E-state index contributed by atoms with van der Waals surface area (Å²) in [5, 5.41) is 6.73. The van der Waals surface area contributed by atoms with Crippen LogP contribution in [0.3, 0.4) is 0 Å². The molecular formula is C24H28ClN3O2. The molecule has 0 aromatic heterocycles. The number of nitrogens with zero attached hydrogens (tertiary/aromatic N) is 1. The number of hydrogen-bond donors (Lipinski definition) is 2. The van der Waals surface area contributed by atoms with Crippen molar-refractivity contribution in [3.8, 4) is 0 Å². The standard InChI is InChI=1S/C24H28ClN3O2/c1-15-6-7-19(25)12-22(15)28-9-8-17(14-28)13-26-23(29)18-4-3-5-20(11-18)27-24(30)21-10-16(21)2/h3-7,11-12,16-17,21H,8-10,13-14H2,1-2H3,(H,26,29)(H,27,30). The molecule has 2 aromatic rings. The maximum absolute atomic E-state index is 12.6. The van der Waals surface area contributed by atoms with Gasteiger partial charge in [0.2, 0.25) is 5.91 Å². The van der Waals surface area contributed by atoms with Crippen LogP contribution in [0.15, 0.2) is 42.5 Å². The Morgan fingerprint density at radius 1 is 1.20 bits per heavy atom. The lowest BCUT2D eigenvalue weighted by molar-refractivity contribution is -0.117. The number of nitrogens with one attached hydrogen (secondary N) is 2. The van der Waals surface area contributed by atoms with Crippen LogP contribution in [0.1, 0.15) is 35.7 Å². The third-order valence-corrected chi connectivity index (χ3v) is 6.42. The van der Waals surface area contributed by atoms with Gasteiger partial charge in [-0.2, -0.15) is 0 Å². The summed E-state index contributed by atoms with van der Waals surface area (Å²) >= 11 is 6.16. The van der Waals surface area contributed by atoms with E-state index in [9.17, 15) is 9.59 Å². The molecule has 5 nitrogen and oxygen atoms in total. The van der Waals surface area contributed by atoms with Gasteiger partial charge < -0.3 is 15.5 Å². The first-order valence-corrected chi connectivity index (χ1v) is 11.0. The Morgan fingerprint density at radius 3 is 2.77 bits per heavy atom. The van der Waals surface area contributed by atoms with Crippen LogP contribution in [0.25, 0.3) is 0 Å². The number of hydrogen-bond acceptors (Lipinski definition) is 3. The lowest BCUT2D eigenvalue weighted by Crippen LogP contribution is -2.31. The quantitative estimate of drug-likeness (QED) is 0.716. The molecule has 1 aliphatic heterocycles. The van der Waals surface area contributed by atoms with Crippen LogP contribution in [0.5, 0.6) is 0 Å². The number of rotatable bonds is 6. The second-order valence-electron chi connectivity index (χ2n) is 8.63. The Hall–Kier alpha value is -2.53. The van der Waals surface area contributed by atoms with Gasteiger partial charge >= 0.3 is 0 Å². The van der Waals surface area contributed by atoms with Crippen molar-refractivity contribution in [1.82, 2.24) is 5.32 Å². The molecule has 0 radical (unpaired) electrons. The van der Waals surface area contributed by atoms with Gasteiger partial charge in [0.15, 0.2) is 0 Å². The minimum Gasteiger partial charge on any atom is -0.371 e. The average molecular weight is 426 g/mol. The summed E-state index contributed by atoms with van der Waals surface area (Å²) in [6.45, 7) is 6.66. The largest absolute Gasteiger partial charge is 0.371 e. The minimum absolute atomic E-state index is 0.0439. The Kier molecular flexibility index (Phi) is 6.00. The van der Waals surface area contributed by atoms with Gasteiger partial charge in [-0.1, -0.05) is 30.7 Å². The zero-order chi connectivity index (χ0) is 21.3. The number of aryl methyl sites for hydroxylation is 1. The van der Waals surface area contributed by atoms with Crippen LogP contribution in [-0.2, 0) is 4.79 Å². The van der Waals surface area contributed by atoms with Crippen molar-refractivity contribution in [3.63, 3.8) is 0 Å². The first kappa shape index (κ1) is 20.7. The van der Waals surface area contributed by atoms with Gasteiger partial charge in [0.05, 0.1) is 0 Å². The number of carbonyl (C=O) groups is 2. The molecule has 6 heteroatoms. The Morgan fingerprint density at radius 2 is 2.00 bits per heavy atom. The SMILES string of the molecule is Cc1ccc(Cl)cc1N1CCC(CNC(=O)c2cccc(NC(=O)C3CC3C)c2)C1. The van der Waals surface area contributed by atoms with E-state index in [0.717, 1.165) is 31.0 Å². The number of amides is 2. The first-order chi connectivity index (χ1) is 14.4. The third-order valence-electron chi connectivity index (χ3n) is 6.19. The van der Waals surface area contributed by atoms with Crippen molar-refractivity contribution >= 4 is 34.8 Å². The highest BCUT2D eigenvalue weighted by Gasteiger charge is 2.39. The molecule has 4 rings (SSSR count). The van der Waals surface area contributed by atoms with E-state index in [4.69, 9.17) is 11.6 Å². The van der Waals surface area contributed by atoms with E-state index in [1.165, 1.54) is 11.3 Å². The van der Waals surface area contributed by atoms with E-state index in [-0.39, 0.29) is 17.7 Å². The minimum atomic E-state index is -0.108. The zero-order valence-electron chi connectivity index (χ0n) is 17.5. The van der Waals surface area contributed by atoms with Crippen LogP contribution in [0, 0.1) is 24.7 Å². The predicted molar refractivity (Wildman–Crippen MR) is 121 cm³/mol. The second-order valence-corrected chi connectivity index (χ2v) is 9.07. The summed E-state index contributed by atoms with van der Waals surface area (Å²) in [7, 11) is 0. The van der Waals surface area contributed by atoms with E-state index >= 15 is 0 Å². The molecule has 2 N–H and O–H groups in total. The van der Waals surface area contributed by atoms with Crippen molar-refractivity contribution in [2.45, 2.75) is 26.7 Å². The number of carbonyl (C=O) groups excluding carboxylic acids is 2. The number of halogens is 1. The van der Waals surface area contributed by atoms with E-state index in [0.29, 0.717) is 29.6 Å². The van der Waals surface area contributed by atoms with Gasteiger partial charge in [-0.3, -0.25) is 9.59 Å². The molecule has 1 aliphatic carbocycles. The summed E-state index contributed by atoms with van der Waals surface area (Å²) in [6, 6.07) is 13.1. The molecule has 1 heterocycles. The van der Waals surface area contributed by atoms with Gasteiger partial charge in [-0.25, -0.2) is 0 Å². The fraction of sp³-hybridized carbons (Fsp3) is 0.417. The Balaban J connectivity index is 1.30. The maximum Gasteiger partial charge on any atom is 0.251 e. The molecule has 2 amide bonds. The van der Waals surface area contributed by atoms with Crippen molar-refractivity contribution in [2.75, 3.05) is 29.9 Å². The molecule has 2 aromatic carbocycles. The van der Waals surface area contributed by atoms with Gasteiger partial charge in [0.25, 0.3) is 5.91 Å². The molecule has 3 atom stereocenters. The Labute approximate surface area is 182 Å². The smallest absolute Gasteiger partial charge is 0.251 e. The molecule has 3 unspecified atom stereocenters. The predicted octanol–water partition coefficient (Wildman–Crippen LogP) is 4.50. The lowest BCUT2D eigenvalue weighted by Gasteiger charge is -2.21. The average Bonchev–Trinajstić information content (AvgIpc) is 3.28. The molecular weight excluding hydrogens is 398 g/mol. The van der Waals surface area contributed by atoms with Crippen molar-refractivity contribution in [3.05, 3.63) is 58.6 Å². The van der Waals surface area contributed by atoms with Crippen LogP contribution in [0.2, 0.25) is 5.02 Å². The van der Waals surface area contributed by atoms with Crippen molar-refractivity contribution in [1.29, 1.82) is 0 Å². The van der Waals surface area contributed by atoms with Gasteiger partial charge in [-0.15, -0.1) is 0 Å². The molecule has 0 bridgehead atoms. The van der Waals surface area contributed by atoms with E-state index in [2.05, 4.69) is 29.4 Å². The Bertz CT molecular complexity index is 961. The highest BCUT2D eigenvalue weighted by atomic mass is 35.5. The van der Waals surface area contributed by atoms with Gasteiger partial charge in [0.1, 0.15) is 0 Å². The maximum atomic E-state index is 12.6. The molecule has 1 saturated carbocycles. The summed E-state index contributed by atoms with van der Waals surface area (Å²) in [6.07, 6.45) is 1.97. The number of anilines is 2. The highest BCUT2D eigenvalue weighted by Crippen LogP contribution is 2.38. The molecule has 0 spiro atoms. The topological polar surface area (TPSA) is 61.4 Å². The summed E-state index contributed by atoms with van der Waals surface area (Å²) < 4.78 is 0. The number of benzene rings is 2.